The number of nitrogens with one attached hydrogen (secondary N) is 3. The number of carbonyl (C=O) groups excluding carboxylic acids is 3. The second-order valence-electron chi connectivity index (χ2n) is 31.0. The fourth-order valence-electron chi connectivity index (χ4n) is 16.8. The number of unbranched alkanes of at least 4 members (excludes halogenated alkanes) is 9. The molecule has 9 aliphatic rings. The Morgan fingerprint density at radius 2 is 0.657 bits per heavy atom. The van der Waals surface area contributed by atoms with Crippen molar-refractivity contribution in [3.63, 3.8) is 0 Å². The Labute approximate surface area is 608 Å². The molecule has 570 valence electrons. The fourth-order valence-corrected chi connectivity index (χ4v) is 16.8. The van der Waals surface area contributed by atoms with E-state index in [2.05, 4.69) is 31.4 Å². The predicted molar refractivity (Wildman–Crippen MR) is 403 cm³/mol. The predicted octanol–water partition coefficient (Wildman–Crippen LogP) is 16.1. The molecule has 1 aromatic rings. The summed E-state index contributed by atoms with van der Waals surface area (Å²) in [6.45, 7) is 2.33. The van der Waals surface area contributed by atoms with Gasteiger partial charge in [0.15, 0.2) is 0 Å². The third-order valence-electron chi connectivity index (χ3n) is 22.9. The second-order valence-corrected chi connectivity index (χ2v) is 31.0. The molecule has 24 nitrogen and oxygen atoms in total. The Kier molecular flexibility index (Phi) is 34.1. The second kappa shape index (κ2) is 44.4. The van der Waals surface area contributed by atoms with Crippen molar-refractivity contribution in [1.29, 1.82) is 0 Å². The van der Waals surface area contributed by atoms with Crippen LogP contribution in [0.4, 0.5) is 14.4 Å². The number of aliphatic imine (C=N–C) groups is 3. The number of urea groups is 3. The highest BCUT2D eigenvalue weighted by atomic mass is 16.7. The molecule has 0 bridgehead atoms. The SMILES string of the molecule is O=C(NCCCCCCN=c1oc(=O)n(CCCCCCNC(=O)N(C(=NC2CCCCC2)ON=C2CCCC2)C2CCCCC2)c(=O)n1CCCCCCNC(=O)N(C(=NC1CCCCC1)ON=C1CCCC1)C1CCCCC1)N(C(=NC1CCCCC1)ON=C1CCCC1)C1CCCCC1. The molecule has 0 saturated heterocycles. The van der Waals surface area contributed by atoms with Crippen molar-refractivity contribution in [3.8, 4) is 0 Å². The van der Waals surface area contributed by atoms with Crippen molar-refractivity contribution in [2.75, 3.05) is 26.2 Å². The van der Waals surface area contributed by atoms with Gasteiger partial charge in [0, 0.05) is 57.4 Å². The minimum Gasteiger partial charge on any atom is -0.375 e. The molecule has 3 N–H and O–H groups in total. The van der Waals surface area contributed by atoms with Gasteiger partial charge in [0.25, 0.3) is 0 Å². The monoisotopic (exact) mass is 1420 g/mol. The molecule has 10 rings (SSSR count). The smallest absolute Gasteiger partial charge is 0.375 e. The zero-order valence-electron chi connectivity index (χ0n) is 62.4. The number of amides is 6. The van der Waals surface area contributed by atoms with Crippen LogP contribution < -0.4 is 33.1 Å². The van der Waals surface area contributed by atoms with Gasteiger partial charge in [-0.25, -0.2) is 67.8 Å². The number of rotatable bonds is 30. The zero-order chi connectivity index (χ0) is 70.6. The third kappa shape index (κ3) is 25.8. The van der Waals surface area contributed by atoms with Crippen LogP contribution in [0.25, 0.3) is 0 Å². The van der Waals surface area contributed by atoms with Gasteiger partial charge in [-0.05, 0) is 193 Å². The number of oxime groups is 3. The van der Waals surface area contributed by atoms with Crippen molar-refractivity contribution >= 4 is 53.3 Å². The summed E-state index contributed by atoms with van der Waals surface area (Å²) >= 11 is 0. The summed E-state index contributed by atoms with van der Waals surface area (Å²) < 4.78 is 8.69. The van der Waals surface area contributed by atoms with Gasteiger partial charge in [0.05, 0.1) is 35.3 Å². The summed E-state index contributed by atoms with van der Waals surface area (Å²) in [5.41, 5.74) is 2.72. The molecule has 9 saturated carbocycles. The maximum Gasteiger partial charge on any atom is 0.425 e. The van der Waals surface area contributed by atoms with Crippen molar-refractivity contribution in [1.82, 2.24) is 39.8 Å². The first kappa shape index (κ1) is 78.2. The van der Waals surface area contributed by atoms with Gasteiger partial charge in [0.1, 0.15) is 0 Å². The van der Waals surface area contributed by atoms with E-state index >= 15 is 0 Å². The molecule has 9 fully saturated rings. The number of carbonyl (C=O) groups is 3. The Balaban J connectivity index is 0.741. The van der Waals surface area contributed by atoms with E-state index in [0.717, 1.165) is 319 Å². The summed E-state index contributed by atoms with van der Waals surface area (Å²) in [6, 6.07) is 0.888. The number of hydrogen-bond donors (Lipinski definition) is 3. The van der Waals surface area contributed by atoms with Crippen LogP contribution in [0.2, 0.25) is 0 Å². The molecule has 9 aliphatic carbocycles. The lowest BCUT2D eigenvalue weighted by Gasteiger charge is -2.34. The van der Waals surface area contributed by atoms with E-state index in [0.29, 0.717) is 70.1 Å². The maximum absolute atomic E-state index is 14.5. The third-order valence-corrected chi connectivity index (χ3v) is 22.9. The molecule has 0 aliphatic heterocycles. The van der Waals surface area contributed by atoms with Gasteiger partial charge in [-0.3, -0.25) is 0 Å². The van der Waals surface area contributed by atoms with Gasteiger partial charge < -0.3 is 34.9 Å². The van der Waals surface area contributed by atoms with Crippen molar-refractivity contribution in [2.24, 2.45) is 35.4 Å². The number of nitrogens with zero attached hydrogens (tertiary/aromatic N) is 12. The minimum absolute atomic E-state index is 0.00115. The van der Waals surface area contributed by atoms with Crippen molar-refractivity contribution in [2.45, 2.75) is 396 Å². The molecule has 0 spiro atoms. The molecular weight excluding hydrogens is 1290 g/mol. The van der Waals surface area contributed by atoms with Crippen molar-refractivity contribution < 1.29 is 33.3 Å². The molecule has 0 unspecified atom stereocenters. The summed E-state index contributed by atoms with van der Waals surface area (Å²) in [4.78, 5) is 115. The first-order valence-corrected chi connectivity index (χ1v) is 41.7. The number of amidine groups is 3. The van der Waals surface area contributed by atoms with E-state index in [4.69, 9.17) is 38.9 Å². The lowest BCUT2D eigenvalue weighted by Crippen LogP contribution is -2.51. The van der Waals surface area contributed by atoms with Crippen LogP contribution in [0.15, 0.2) is 49.4 Å². The largest absolute Gasteiger partial charge is 0.425 e. The van der Waals surface area contributed by atoms with Crippen LogP contribution >= 0.6 is 0 Å². The van der Waals surface area contributed by atoms with Gasteiger partial charge in [-0.1, -0.05) is 170 Å². The van der Waals surface area contributed by atoms with Crippen LogP contribution in [-0.4, -0.2) is 140 Å². The lowest BCUT2D eigenvalue weighted by atomic mass is 9.94. The molecule has 0 aromatic carbocycles. The normalized spacial score (nSPS) is 20.9. The molecule has 24 heteroatoms. The van der Waals surface area contributed by atoms with Gasteiger partial charge in [-0.15, -0.1) is 0 Å². The molecular formula is C78H129N15O9. The topological polar surface area (TPSA) is 268 Å². The van der Waals surface area contributed by atoms with E-state index in [1.165, 1.54) is 34.8 Å². The highest BCUT2D eigenvalue weighted by molar-refractivity contribution is 5.96. The van der Waals surface area contributed by atoms with E-state index in [1.54, 1.807) is 14.7 Å². The molecule has 0 radical (unpaired) electrons. The van der Waals surface area contributed by atoms with Crippen LogP contribution in [-0.2, 0) is 27.6 Å². The van der Waals surface area contributed by atoms with Crippen LogP contribution in [0, 0.1) is 0 Å². The molecule has 102 heavy (non-hydrogen) atoms. The first-order chi connectivity index (χ1) is 50.2. The summed E-state index contributed by atoms with van der Waals surface area (Å²) in [7, 11) is 0. The molecule has 6 amide bonds. The van der Waals surface area contributed by atoms with E-state index in [-0.39, 0.29) is 66.6 Å². The quantitative estimate of drug-likeness (QED) is 0.0286. The van der Waals surface area contributed by atoms with E-state index in [1.807, 2.05) is 0 Å². The summed E-state index contributed by atoms with van der Waals surface area (Å²) in [5.74, 6) is -0.723. The Morgan fingerprint density at radius 3 is 0.990 bits per heavy atom. The standard InChI is InChI=1S/C78H129N15O9/c94-70(91(67-49-19-10-20-50-67)74(83-61-37-13-7-14-38-61)100-86-64-43-25-26-44-64)79-55-31-1-2-34-58-82-73-89(59-35-5-3-32-56-80-71(95)92(68-51-21-11-22-52-68)75(84-62-39-15-8-16-40-62)101-87-65-45-27-28-46-65)77(97)90(78(98)99-73)60-36-6-4-33-57-81-72(96)93(69-53-23-12-24-54-69)76(85-63-41-17-9-18-42-63)102-88-66-47-29-30-48-66/h61-63,67-69H,1-60H2,(H,79,94)(H,80,95)(H,81,96). The Hall–Kier alpha value is -6.36. The first-order valence-electron chi connectivity index (χ1n) is 41.7. The molecule has 0 atom stereocenters. The van der Waals surface area contributed by atoms with E-state index < -0.39 is 11.4 Å². The molecule has 1 heterocycles. The summed E-state index contributed by atoms with van der Waals surface area (Å²) in [6.07, 6.45) is 52.8. The fraction of sp³-hybridized carbons (Fsp3) is 0.846. The van der Waals surface area contributed by atoms with Gasteiger partial charge >= 0.3 is 53.3 Å². The van der Waals surface area contributed by atoms with Crippen molar-refractivity contribution in [3.05, 3.63) is 26.7 Å². The van der Waals surface area contributed by atoms with Gasteiger partial charge in [-0.2, -0.15) is 0 Å². The average molecular weight is 1420 g/mol. The summed E-state index contributed by atoms with van der Waals surface area (Å²) in [5, 5.41) is 23.4. The number of hydrogen-bond acceptors (Lipinski definition) is 16. The average Bonchev–Trinajstić information content (AvgIpc) is 0.962. The Bertz CT molecular complexity index is 3070. The Morgan fingerprint density at radius 1 is 0.363 bits per heavy atom. The van der Waals surface area contributed by atoms with E-state index in [9.17, 15) is 24.0 Å². The van der Waals surface area contributed by atoms with Gasteiger partial charge in [0.2, 0.25) is 0 Å². The zero-order valence-corrected chi connectivity index (χ0v) is 62.4. The van der Waals surface area contributed by atoms with Crippen LogP contribution in [0.3, 0.4) is 0 Å². The highest BCUT2D eigenvalue weighted by Gasteiger charge is 2.36. The minimum atomic E-state index is -0.723. The van der Waals surface area contributed by atoms with Crippen LogP contribution in [0.5, 0.6) is 0 Å². The lowest BCUT2D eigenvalue weighted by molar-refractivity contribution is 0.164. The number of aromatic nitrogens is 2. The van der Waals surface area contributed by atoms with Crippen LogP contribution in [0.1, 0.15) is 347 Å². The maximum atomic E-state index is 14.5. The highest BCUT2D eigenvalue weighted by Crippen LogP contribution is 2.31. The molecule has 1 aromatic heterocycles.